The standard InChI is InChI=1S/C15H21O6P/c1-5-21-15(16)13(11-22(17,19-3)20-4)9-12-7-6-8-14(10-12)18-2/h6-10H,5,11H2,1-4H3/b13-9+. The van der Waals surface area contributed by atoms with Gasteiger partial charge < -0.3 is 18.5 Å². The molecule has 0 saturated heterocycles. The minimum atomic E-state index is -3.37. The Morgan fingerprint density at radius 2 is 1.91 bits per heavy atom. The molecule has 0 saturated carbocycles. The van der Waals surface area contributed by atoms with E-state index in [1.165, 1.54) is 14.2 Å². The minimum absolute atomic E-state index is 0.171. The zero-order chi connectivity index (χ0) is 16.6. The van der Waals surface area contributed by atoms with Crippen LogP contribution in [0.3, 0.4) is 0 Å². The average Bonchev–Trinajstić information content (AvgIpc) is 2.54. The number of carbonyl (C=O) groups is 1. The van der Waals surface area contributed by atoms with Crippen LogP contribution in [0.2, 0.25) is 0 Å². The molecule has 1 aromatic carbocycles. The highest BCUT2D eigenvalue weighted by atomic mass is 31.2. The van der Waals surface area contributed by atoms with Crippen molar-refractivity contribution in [2.75, 3.05) is 34.1 Å². The normalized spacial score (nSPS) is 12.1. The molecule has 0 bridgehead atoms. The van der Waals surface area contributed by atoms with Gasteiger partial charge in [-0.25, -0.2) is 4.79 Å². The Kier molecular flexibility index (Phi) is 7.32. The monoisotopic (exact) mass is 328 g/mol. The Morgan fingerprint density at radius 3 is 2.45 bits per heavy atom. The van der Waals surface area contributed by atoms with E-state index in [4.69, 9.17) is 18.5 Å². The van der Waals surface area contributed by atoms with E-state index in [1.54, 1.807) is 44.4 Å². The van der Waals surface area contributed by atoms with Crippen molar-refractivity contribution in [3.8, 4) is 5.75 Å². The van der Waals surface area contributed by atoms with Gasteiger partial charge in [0.2, 0.25) is 0 Å². The lowest BCUT2D eigenvalue weighted by Crippen LogP contribution is -2.12. The quantitative estimate of drug-likeness (QED) is 0.415. The number of methoxy groups -OCH3 is 1. The molecule has 6 nitrogen and oxygen atoms in total. The van der Waals surface area contributed by atoms with Crippen molar-refractivity contribution >= 4 is 19.6 Å². The Balaban J connectivity index is 3.16. The van der Waals surface area contributed by atoms with Crippen LogP contribution < -0.4 is 4.74 Å². The summed E-state index contributed by atoms with van der Waals surface area (Å²) in [4.78, 5) is 12.1. The van der Waals surface area contributed by atoms with E-state index in [-0.39, 0.29) is 18.3 Å². The van der Waals surface area contributed by atoms with Crippen molar-refractivity contribution in [3.63, 3.8) is 0 Å². The first-order chi connectivity index (χ1) is 10.5. The van der Waals surface area contributed by atoms with E-state index in [0.717, 1.165) is 5.56 Å². The van der Waals surface area contributed by atoms with Crippen LogP contribution in [0.1, 0.15) is 12.5 Å². The van der Waals surface area contributed by atoms with Crippen LogP contribution in [0.25, 0.3) is 6.08 Å². The highest BCUT2D eigenvalue weighted by molar-refractivity contribution is 7.54. The summed E-state index contributed by atoms with van der Waals surface area (Å²) in [5.74, 6) is 0.0956. The molecule has 0 amide bonds. The van der Waals surface area contributed by atoms with Gasteiger partial charge in [0.05, 0.1) is 19.9 Å². The largest absolute Gasteiger partial charge is 0.497 e. The molecule has 122 valence electrons. The number of rotatable bonds is 8. The van der Waals surface area contributed by atoms with Gasteiger partial charge in [0.1, 0.15) is 5.75 Å². The summed E-state index contributed by atoms with van der Waals surface area (Å²) >= 11 is 0. The molecule has 0 aliphatic rings. The molecular weight excluding hydrogens is 307 g/mol. The smallest absolute Gasteiger partial charge is 0.334 e. The molecule has 7 heteroatoms. The van der Waals surface area contributed by atoms with Crippen molar-refractivity contribution < 1.29 is 27.9 Å². The van der Waals surface area contributed by atoms with Gasteiger partial charge >= 0.3 is 13.6 Å². The Labute approximate surface area is 130 Å². The molecular formula is C15H21O6P. The summed E-state index contributed by atoms with van der Waals surface area (Å²) < 4.78 is 32.2. The summed E-state index contributed by atoms with van der Waals surface area (Å²) in [6.07, 6.45) is 1.42. The molecule has 1 rings (SSSR count). The minimum Gasteiger partial charge on any atom is -0.497 e. The Hall–Kier alpha value is -1.62. The van der Waals surface area contributed by atoms with Gasteiger partial charge in [-0.1, -0.05) is 12.1 Å². The zero-order valence-corrected chi connectivity index (χ0v) is 14.1. The highest BCUT2D eigenvalue weighted by Crippen LogP contribution is 2.48. The first kappa shape index (κ1) is 18.4. The number of carbonyl (C=O) groups excluding carboxylic acids is 1. The van der Waals surface area contributed by atoms with Crippen molar-refractivity contribution in [1.82, 2.24) is 0 Å². The summed E-state index contributed by atoms with van der Waals surface area (Å²) in [6.45, 7) is 1.92. The van der Waals surface area contributed by atoms with Crippen LogP contribution in [0.15, 0.2) is 29.8 Å². The predicted molar refractivity (Wildman–Crippen MR) is 84.1 cm³/mol. The topological polar surface area (TPSA) is 71.1 Å². The molecule has 0 atom stereocenters. The summed E-state index contributed by atoms with van der Waals surface area (Å²) in [6, 6.07) is 7.13. The van der Waals surface area contributed by atoms with Crippen molar-refractivity contribution in [2.45, 2.75) is 6.92 Å². The number of benzene rings is 1. The van der Waals surface area contributed by atoms with Crippen LogP contribution >= 0.6 is 7.60 Å². The van der Waals surface area contributed by atoms with E-state index in [1.807, 2.05) is 0 Å². The lowest BCUT2D eigenvalue weighted by atomic mass is 10.1. The Morgan fingerprint density at radius 1 is 1.23 bits per heavy atom. The number of ether oxygens (including phenoxy) is 2. The molecule has 0 N–H and O–H groups in total. The Bertz CT molecular complexity index is 573. The summed E-state index contributed by atoms with van der Waals surface area (Å²) in [5.41, 5.74) is 0.934. The van der Waals surface area contributed by atoms with Gasteiger partial charge in [-0.15, -0.1) is 0 Å². The van der Waals surface area contributed by atoms with Crippen LogP contribution in [0.4, 0.5) is 0 Å². The third-order valence-electron chi connectivity index (χ3n) is 2.89. The maximum Gasteiger partial charge on any atom is 0.334 e. The maximum atomic E-state index is 12.3. The second kappa shape index (κ2) is 8.73. The molecule has 0 aliphatic heterocycles. The van der Waals surface area contributed by atoms with Gasteiger partial charge in [-0.2, -0.15) is 0 Å². The average molecular weight is 328 g/mol. The predicted octanol–water partition coefficient (Wildman–Crippen LogP) is 3.13. The van der Waals surface area contributed by atoms with E-state index in [2.05, 4.69) is 0 Å². The highest BCUT2D eigenvalue weighted by Gasteiger charge is 2.27. The van der Waals surface area contributed by atoms with Crippen LogP contribution in [-0.2, 0) is 23.1 Å². The molecule has 0 aromatic heterocycles. The molecule has 0 fully saturated rings. The van der Waals surface area contributed by atoms with Gasteiger partial charge in [0.25, 0.3) is 0 Å². The lowest BCUT2D eigenvalue weighted by molar-refractivity contribution is -0.138. The summed E-state index contributed by atoms with van der Waals surface area (Å²) in [5, 5.41) is 0. The van der Waals surface area contributed by atoms with Gasteiger partial charge in [0.15, 0.2) is 0 Å². The number of esters is 1. The van der Waals surface area contributed by atoms with Crippen LogP contribution in [0, 0.1) is 0 Å². The fourth-order valence-corrected chi connectivity index (χ4v) is 2.78. The van der Waals surface area contributed by atoms with Gasteiger partial charge in [-0.3, -0.25) is 4.57 Å². The molecule has 22 heavy (non-hydrogen) atoms. The molecule has 0 unspecified atom stereocenters. The molecule has 0 heterocycles. The molecule has 0 aliphatic carbocycles. The van der Waals surface area contributed by atoms with Crippen LogP contribution in [-0.4, -0.2) is 40.1 Å². The summed E-state index contributed by atoms with van der Waals surface area (Å²) in [7, 11) is 0.737. The lowest BCUT2D eigenvalue weighted by Gasteiger charge is -2.15. The third kappa shape index (κ3) is 5.30. The van der Waals surface area contributed by atoms with E-state index in [0.29, 0.717) is 5.75 Å². The SMILES string of the molecule is CCOC(=O)/C(=C/c1cccc(OC)c1)CP(=O)(OC)OC. The number of hydrogen-bond acceptors (Lipinski definition) is 6. The van der Waals surface area contributed by atoms with E-state index >= 15 is 0 Å². The van der Waals surface area contributed by atoms with Crippen molar-refractivity contribution in [3.05, 3.63) is 35.4 Å². The first-order valence-electron chi connectivity index (χ1n) is 6.70. The van der Waals surface area contributed by atoms with E-state index < -0.39 is 13.6 Å². The van der Waals surface area contributed by atoms with E-state index in [9.17, 15) is 9.36 Å². The van der Waals surface area contributed by atoms with Gasteiger partial charge in [-0.05, 0) is 30.7 Å². The maximum absolute atomic E-state index is 12.3. The van der Waals surface area contributed by atoms with Crippen molar-refractivity contribution in [2.24, 2.45) is 0 Å². The van der Waals surface area contributed by atoms with Crippen molar-refractivity contribution in [1.29, 1.82) is 0 Å². The zero-order valence-electron chi connectivity index (χ0n) is 13.2. The second-order valence-electron chi connectivity index (χ2n) is 4.30. The molecule has 0 radical (unpaired) electrons. The first-order valence-corrected chi connectivity index (χ1v) is 8.43. The second-order valence-corrected chi connectivity index (χ2v) is 6.57. The molecule has 1 aromatic rings. The fraction of sp³-hybridized carbons (Fsp3) is 0.400. The van der Waals surface area contributed by atoms with Crippen LogP contribution in [0.5, 0.6) is 5.75 Å². The molecule has 0 spiro atoms. The third-order valence-corrected chi connectivity index (χ3v) is 4.73. The fourth-order valence-electron chi connectivity index (χ4n) is 1.74. The van der Waals surface area contributed by atoms with Gasteiger partial charge in [0, 0.05) is 19.8 Å². The number of hydrogen-bond donors (Lipinski definition) is 0.